The second-order valence-corrected chi connectivity index (χ2v) is 9.77. The highest BCUT2D eigenvalue weighted by molar-refractivity contribution is 5.56. The number of anilines is 1. The van der Waals surface area contributed by atoms with Gasteiger partial charge in [0.2, 0.25) is 0 Å². The van der Waals surface area contributed by atoms with E-state index in [-0.39, 0.29) is 0 Å². The molecule has 186 valence electrons. The van der Waals surface area contributed by atoms with Gasteiger partial charge in [0, 0.05) is 50.9 Å². The molecule has 0 bridgehead atoms. The smallest absolute Gasteiger partial charge is 0.137 e. The van der Waals surface area contributed by atoms with E-state index in [4.69, 9.17) is 14.6 Å². The molecule has 2 aliphatic rings. The number of ether oxygens (including phenoxy) is 2. The van der Waals surface area contributed by atoms with E-state index < -0.39 is 0 Å². The topological polar surface area (TPSA) is 46.0 Å². The Kier molecular flexibility index (Phi) is 6.97. The van der Waals surface area contributed by atoms with Gasteiger partial charge in [-0.05, 0) is 68.8 Å². The average molecular weight is 476 g/mol. The SMILES string of the molecule is COc1ccc(CN(Cc2c(C)nn(-c3ccc(OC)cc3)c2N2CCN(C)CC2)C2CC2)cc1. The molecule has 7 heteroatoms. The lowest BCUT2D eigenvalue weighted by Gasteiger charge is -2.35. The van der Waals surface area contributed by atoms with Gasteiger partial charge in [-0.2, -0.15) is 5.10 Å². The summed E-state index contributed by atoms with van der Waals surface area (Å²) in [4.78, 5) is 7.55. The molecule has 2 aromatic carbocycles. The Morgan fingerprint density at radius 2 is 1.46 bits per heavy atom. The van der Waals surface area contributed by atoms with Crippen LogP contribution in [-0.4, -0.2) is 73.1 Å². The van der Waals surface area contributed by atoms with Crippen LogP contribution in [0.4, 0.5) is 5.82 Å². The number of rotatable bonds is 9. The van der Waals surface area contributed by atoms with Gasteiger partial charge in [0.05, 0.1) is 25.6 Å². The summed E-state index contributed by atoms with van der Waals surface area (Å²) in [6, 6.07) is 17.4. The number of hydrogen-bond donors (Lipinski definition) is 0. The summed E-state index contributed by atoms with van der Waals surface area (Å²) in [6.45, 7) is 8.13. The van der Waals surface area contributed by atoms with Crippen molar-refractivity contribution in [1.82, 2.24) is 19.6 Å². The standard InChI is InChI=1S/C28H37N5O2/c1-21-27(20-32(23-7-8-23)19-22-5-11-25(34-3)12-6-22)28(31-17-15-30(2)16-18-31)33(29-21)24-9-13-26(35-4)14-10-24/h5-6,9-14,23H,7-8,15-20H2,1-4H3. The Hall–Kier alpha value is -3.03. The first-order chi connectivity index (χ1) is 17.1. The van der Waals surface area contributed by atoms with E-state index in [9.17, 15) is 0 Å². The summed E-state index contributed by atoms with van der Waals surface area (Å²) in [7, 11) is 5.62. The minimum Gasteiger partial charge on any atom is -0.497 e. The first kappa shape index (κ1) is 23.7. The second-order valence-electron chi connectivity index (χ2n) is 9.77. The molecular weight excluding hydrogens is 438 g/mol. The second kappa shape index (κ2) is 10.3. The first-order valence-electron chi connectivity index (χ1n) is 12.6. The third kappa shape index (κ3) is 5.31. The zero-order chi connectivity index (χ0) is 24.4. The predicted molar refractivity (Wildman–Crippen MR) is 140 cm³/mol. The van der Waals surface area contributed by atoms with Crippen molar-refractivity contribution in [1.29, 1.82) is 0 Å². The Bertz CT molecular complexity index is 1110. The van der Waals surface area contributed by atoms with Gasteiger partial charge in [-0.3, -0.25) is 4.90 Å². The Labute approximate surface area is 208 Å². The quantitative estimate of drug-likeness (QED) is 0.464. The van der Waals surface area contributed by atoms with Crippen molar-refractivity contribution in [2.75, 3.05) is 52.3 Å². The van der Waals surface area contributed by atoms with E-state index >= 15 is 0 Å². The molecule has 5 rings (SSSR count). The van der Waals surface area contributed by atoms with Crippen LogP contribution >= 0.6 is 0 Å². The van der Waals surface area contributed by atoms with Crippen molar-refractivity contribution in [3.05, 3.63) is 65.4 Å². The van der Waals surface area contributed by atoms with Crippen LogP contribution in [0.1, 0.15) is 29.7 Å². The Morgan fingerprint density at radius 3 is 2.03 bits per heavy atom. The fraction of sp³-hybridized carbons (Fsp3) is 0.464. The summed E-state index contributed by atoms with van der Waals surface area (Å²) in [6.07, 6.45) is 2.54. The van der Waals surface area contributed by atoms with Crippen molar-refractivity contribution < 1.29 is 9.47 Å². The van der Waals surface area contributed by atoms with Gasteiger partial charge in [0.25, 0.3) is 0 Å². The molecule has 0 unspecified atom stereocenters. The van der Waals surface area contributed by atoms with Crippen LogP contribution in [0.5, 0.6) is 11.5 Å². The molecule has 1 saturated heterocycles. The monoisotopic (exact) mass is 475 g/mol. The van der Waals surface area contributed by atoms with E-state index in [1.165, 1.54) is 29.8 Å². The number of piperazine rings is 1. The minimum absolute atomic E-state index is 0.640. The average Bonchev–Trinajstić information content (AvgIpc) is 3.69. The van der Waals surface area contributed by atoms with Gasteiger partial charge >= 0.3 is 0 Å². The molecule has 1 aliphatic heterocycles. The molecule has 0 N–H and O–H groups in total. The summed E-state index contributed by atoms with van der Waals surface area (Å²) in [5, 5.41) is 5.07. The van der Waals surface area contributed by atoms with E-state index in [0.29, 0.717) is 6.04 Å². The third-order valence-electron chi connectivity index (χ3n) is 7.25. The van der Waals surface area contributed by atoms with Crippen molar-refractivity contribution >= 4 is 5.82 Å². The number of benzene rings is 2. The molecule has 35 heavy (non-hydrogen) atoms. The zero-order valence-corrected chi connectivity index (χ0v) is 21.4. The summed E-state index contributed by atoms with van der Waals surface area (Å²) in [5.74, 6) is 3.00. The van der Waals surface area contributed by atoms with Crippen molar-refractivity contribution in [2.24, 2.45) is 0 Å². The fourth-order valence-electron chi connectivity index (χ4n) is 4.90. The molecule has 7 nitrogen and oxygen atoms in total. The number of likely N-dealkylation sites (N-methyl/N-ethyl adjacent to an activating group) is 1. The van der Waals surface area contributed by atoms with Crippen molar-refractivity contribution in [3.8, 4) is 17.2 Å². The number of methoxy groups -OCH3 is 2. The molecule has 0 spiro atoms. The molecule has 3 aromatic rings. The molecule has 0 radical (unpaired) electrons. The molecule has 2 heterocycles. The van der Waals surface area contributed by atoms with Crippen LogP contribution in [0.25, 0.3) is 5.69 Å². The van der Waals surface area contributed by atoms with Crippen LogP contribution < -0.4 is 14.4 Å². The maximum Gasteiger partial charge on any atom is 0.137 e. The summed E-state index contributed by atoms with van der Waals surface area (Å²) in [5.41, 5.74) is 4.84. The maximum absolute atomic E-state index is 5.39. The van der Waals surface area contributed by atoms with E-state index in [1.807, 2.05) is 12.1 Å². The zero-order valence-electron chi connectivity index (χ0n) is 21.4. The van der Waals surface area contributed by atoms with Crippen molar-refractivity contribution in [2.45, 2.75) is 38.9 Å². The number of nitrogens with zero attached hydrogens (tertiary/aromatic N) is 5. The van der Waals surface area contributed by atoms with Gasteiger partial charge in [0.1, 0.15) is 17.3 Å². The summed E-state index contributed by atoms with van der Waals surface area (Å²) >= 11 is 0. The summed E-state index contributed by atoms with van der Waals surface area (Å²) < 4.78 is 12.9. The van der Waals surface area contributed by atoms with Gasteiger partial charge in [0.15, 0.2) is 0 Å². The molecule has 2 fully saturated rings. The highest BCUT2D eigenvalue weighted by Crippen LogP contribution is 2.35. The lowest BCUT2D eigenvalue weighted by molar-refractivity contribution is 0.245. The van der Waals surface area contributed by atoms with Crippen molar-refractivity contribution in [3.63, 3.8) is 0 Å². The highest BCUT2D eigenvalue weighted by Gasteiger charge is 2.32. The normalized spacial score (nSPS) is 16.7. The Morgan fingerprint density at radius 1 is 0.857 bits per heavy atom. The highest BCUT2D eigenvalue weighted by atomic mass is 16.5. The Balaban J connectivity index is 1.48. The number of aryl methyl sites for hydroxylation is 1. The van der Waals surface area contributed by atoms with Gasteiger partial charge in [-0.15, -0.1) is 0 Å². The molecule has 0 amide bonds. The minimum atomic E-state index is 0.640. The van der Waals surface area contributed by atoms with Crippen LogP contribution in [0.3, 0.4) is 0 Å². The van der Waals surface area contributed by atoms with E-state index in [1.54, 1.807) is 14.2 Å². The molecule has 1 aliphatic carbocycles. The predicted octanol–water partition coefficient (Wildman–Crippen LogP) is 4.11. The van der Waals surface area contributed by atoms with Gasteiger partial charge < -0.3 is 19.3 Å². The molecule has 1 saturated carbocycles. The van der Waals surface area contributed by atoms with Crippen LogP contribution in [0.15, 0.2) is 48.5 Å². The lowest BCUT2D eigenvalue weighted by Crippen LogP contribution is -2.45. The number of hydrogen-bond acceptors (Lipinski definition) is 6. The van der Waals surface area contributed by atoms with Crippen LogP contribution in [0.2, 0.25) is 0 Å². The number of aromatic nitrogens is 2. The fourth-order valence-corrected chi connectivity index (χ4v) is 4.90. The van der Waals surface area contributed by atoms with E-state index in [0.717, 1.165) is 62.1 Å². The van der Waals surface area contributed by atoms with Crippen LogP contribution in [0, 0.1) is 6.92 Å². The third-order valence-corrected chi connectivity index (χ3v) is 7.25. The molecule has 0 atom stereocenters. The first-order valence-corrected chi connectivity index (χ1v) is 12.6. The van der Waals surface area contributed by atoms with Gasteiger partial charge in [-0.25, -0.2) is 4.68 Å². The molecule has 1 aromatic heterocycles. The maximum atomic E-state index is 5.39. The largest absolute Gasteiger partial charge is 0.497 e. The van der Waals surface area contributed by atoms with E-state index in [2.05, 4.69) is 69.8 Å². The van der Waals surface area contributed by atoms with Crippen LogP contribution in [-0.2, 0) is 13.1 Å². The van der Waals surface area contributed by atoms with Gasteiger partial charge in [-0.1, -0.05) is 12.1 Å². The molecular formula is C28H37N5O2. The lowest BCUT2D eigenvalue weighted by atomic mass is 10.1.